The Hall–Kier alpha value is -1.51. The second-order valence-corrected chi connectivity index (χ2v) is 5.31. The van der Waals surface area contributed by atoms with Crippen molar-refractivity contribution in [3.8, 4) is 5.75 Å². The molecule has 0 bridgehead atoms. The molecule has 0 amide bonds. The Morgan fingerprint density at radius 3 is 2.83 bits per heavy atom. The molecule has 0 aliphatic heterocycles. The van der Waals surface area contributed by atoms with E-state index in [1.54, 1.807) is 7.11 Å². The Balaban J connectivity index is 2.47. The van der Waals surface area contributed by atoms with Gasteiger partial charge < -0.3 is 9.84 Å². The first-order valence-corrected chi connectivity index (χ1v) is 6.43. The number of aliphatic carboxylic acids is 1. The second kappa shape index (κ2) is 4.63. The maximum atomic E-state index is 11.6. The number of rotatable bonds is 4. The number of hydrogen-bond acceptors (Lipinski definition) is 2. The van der Waals surface area contributed by atoms with E-state index >= 15 is 0 Å². The first-order valence-electron chi connectivity index (χ1n) is 6.43. The van der Waals surface area contributed by atoms with Gasteiger partial charge in [-0.2, -0.15) is 0 Å². The van der Waals surface area contributed by atoms with Crippen LogP contribution in [-0.2, 0) is 11.2 Å². The minimum Gasteiger partial charge on any atom is -0.497 e. The molecule has 0 saturated carbocycles. The van der Waals surface area contributed by atoms with Gasteiger partial charge in [-0.05, 0) is 43.0 Å². The number of methoxy groups -OCH3 is 1. The van der Waals surface area contributed by atoms with Gasteiger partial charge in [-0.1, -0.05) is 19.4 Å². The molecule has 3 nitrogen and oxygen atoms in total. The highest BCUT2D eigenvalue weighted by Crippen LogP contribution is 2.50. The SMILES string of the molecule is CCC[C@H]1c2cc(OC)ccc2C[C@]1(C)C(=O)O. The summed E-state index contributed by atoms with van der Waals surface area (Å²) in [4.78, 5) is 11.6. The fourth-order valence-electron chi connectivity index (χ4n) is 3.03. The van der Waals surface area contributed by atoms with Crippen LogP contribution >= 0.6 is 0 Å². The average molecular weight is 248 g/mol. The number of benzene rings is 1. The quantitative estimate of drug-likeness (QED) is 0.889. The Bertz CT molecular complexity index is 467. The third-order valence-corrected chi connectivity index (χ3v) is 4.12. The first kappa shape index (κ1) is 12.9. The molecule has 1 aromatic rings. The Labute approximate surface area is 108 Å². The van der Waals surface area contributed by atoms with E-state index < -0.39 is 11.4 Å². The molecule has 0 spiro atoms. The maximum absolute atomic E-state index is 11.6. The summed E-state index contributed by atoms with van der Waals surface area (Å²) in [5.74, 6) is 0.200. The molecule has 98 valence electrons. The van der Waals surface area contributed by atoms with Crippen molar-refractivity contribution < 1.29 is 14.6 Å². The number of carboxylic acids is 1. The molecule has 1 N–H and O–H groups in total. The molecule has 0 aromatic heterocycles. The molecule has 3 heteroatoms. The molecule has 2 rings (SSSR count). The largest absolute Gasteiger partial charge is 0.497 e. The van der Waals surface area contributed by atoms with E-state index in [1.807, 2.05) is 25.1 Å². The summed E-state index contributed by atoms with van der Waals surface area (Å²) in [5.41, 5.74) is 1.63. The lowest BCUT2D eigenvalue weighted by atomic mass is 9.75. The van der Waals surface area contributed by atoms with E-state index in [-0.39, 0.29) is 5.92 Å². The minimum atomic E-state index is -0.698. The summed E-state index contributed by atoms with van der Waals surface area (Å²) < 4.78 is 5.25. The molecule has 1 aromatic carbocycles. The van der Waals surface area contributed by atoms with Crippen molar-refractivity contribution in [3.63, 3.8) is 0 Å². The zero-order chi connectivity index (χ0) is 13.3. The van der Waals surface area contributed by atoms with Crippen molar-refractivity contribution in [3.05, 3.63) is 29.3 Å². The summed E-state index contributed by atoms with van der Waals surface area (Å²) in [5, 5.41) is 9.54. The predicted octanol–water partition coefficient (Wildman–Crippen LogP) is 3.23. The second-order valence-electron chi connectivity index (χ2n) is 5.31. The lowest BCUT2D eigenvalue weighted by Gasteiger charge is -2.27. The Morgan fingerprint density at radius 2 is 2.28 bits per heavy atom. The van der Waals surface area contributed by atoms with Crippen molar-refractivity contribution in [2.24, 2.45) is 5.41 Å². The third kappa shape index (κ3) is 1.88. The van der Waals surface area contributed by atoms with E-state index in [2.05, 4.69) is 6.92 Å². The van der Waals surface area contributed by atoms with Gasteiger partial charge in [0.25, 0.3) is 0 Å². The van der Waals surface area contributed by atoms with Crippen molar-refractivity contribution in [2.75, 3.05) is 7.11 Å². The summed E-state index contributed by atoms with van der Waals surface area (Å²) in [7, 11) is 1.64. The van der Waals surface area contributed by atoms with Crippen LogP contribution < -0.4 is 4.74 Å². The summed E-state index contributed by atoms with van der Waals surface area (Å²) in [6, 6.07) is 5.92. The van der Waals surface area contributed by atoms with Crippen molar-refractivity contribution in [2.45, 2.75) is 39.0 Å². The van der Waals surface area contributed by atoms with E-state index in [4.69, 9.17) is 4.74 Å². The molecular weight excluding hydrogens is 228 g/mol. The normalized spacial score (nSPS) is 25.8. The first-order chi connectivity index (χ1) is 8.52. The van der Waals surface area contributed by atoms with E-state index in [1.165, 1.54) is 0 Å². The Kier molecular flexibility index (Phi) is 3.33. The minimum absolute atomic E-state index is 0.0881. The lowest BCUT2D eigenvalue weighted by Crippen LogP contribution is -2.32. The van der Waals surface area contributed by atoms with Crippen LogP contribution in [0.4, 0.5) is 0 Å². The molecular formula is C15H20O3. The van der Waals surface area contributed by atoms with Gasteiger partial charge in [-0.15, -0.1) is 0 Å². The Morgan fingerprint density at radius 1 is 1.56 bits per heavy atom. The molecule has 0 heterocycles. The van der Waals surface area contributed by atoms with Gasteiger partial charge in [-0.25, -0.2) is 0 Å². The van der Waals surface area contributed by atoms with Gasteiger partial charge in [0.1, 0.15) is 5.75 Å². The summed E-state index contributed by atoms with van der Waals surface area (Å²) in [6.45, 7) is 3.96. The molecule has 0 radical (unpaired) electrons. The van der Waals surface area contributed by atoms with Gasteiger partial charge in [-0.3, -0.25) is 4.79 Å². The molecule has 1 aliphatic rings. The number of fused-ring (bicyclic) bond motifs is 1. The fraction of sp³-hybridized carbons (Fsp3) is 0.533. The number of carboxylic acid groups (broad SMARTS) is 1. The van der Waals surface area contributed by atoms with Crippen LogP contribution in [-0.4, -0.2) is 18.2 Å². The highest BCUT2D eigenvalue weighted by Gasteiger charge is 2.47. The van der Waals surface area contributed by atoms with Crippen LogP contribution in [0, 0.1) is 5.41 Å². The molecule has 0 fully saturated rings. The predicted molar refractivity (Wildman–Crippen MR) is 70.1 cm³/mol. The monoisotopic (exact) mass is 248 g/mol. The van der Waals surface area contributed by atoms with Crippen LogP contribution in [0.3, 0.4) is 0 Å². The number of hydrogen-bond donors (Lipinski definition) is 1. The van der Waals surface area contributed by atoms with Crippen LogP contribution in [0.25, 0.3) is 0 Å². The fourth-order valence-corrected chi connectivity index (χ4v) is 3.03. The molecule has 18 heavy (non-hydrogen) atoms. The van der Waals surface area contributed by atoms with E-state index in [0.717, 1.165) is 29.7 Å². The average Bonchev–Trinajstić information content (AvgIpc) is 2.63. The summed E-state index contributed by atoms with van der Waals surface area (Å²) in [6.07, 6.45) is 2.51. The summed E-state index contributed by atoms with van der Waals surface area (Å²) >= 11 is 0. The van der Waals surface area contributed by atoms with Crippen LogP contribution in [0.15, 0.2) is 18.2 Å². The zero-order valence-corrected chi connectivity index (χ0v) is 11.2. The maximum Gasteiger partial charge on any atom is 0.310 e. The van der Waals surface area contributed by atoms with Crippen molar-refractivity contribution in [1.82, 2.24) is 0 Å². The number of ether oxygens (including phenoxy) is 1. The van der Waals surface area contributed by atoms with Crippen LogP contribution in [0.1, 0.15) is 43.7 Å². The zero-order valence-electron chi connectivity index (χ0n) is 11.2. The van der Waals surface area contributed by atoms with Gasteiger partial charge in [0, 0.05) is 5.92 Å². The molecule has 1 aliphatic carbocycles. The highest BCUT2D eigenvalue weighted by atomic mass is 16.5. The van der Waals surface area contributed by atoms with Gasteiger partial charge in [0.05, 0.1) is 12.5 Å². The van der Waals surface area contributed by atoms with E-state index in [0.29, 0.717) is 6.42 Å². The standard InChI is InChI=1S/C15H20O3/c1-4-5-13-12-8-11(18-3)7-6-10(12)9-15(13,2)14(16)17/h6-8,13H,4-5,9H2,1-3H3,(H,16,17)/t13-,15-/m0/s1. The lowest BCUT2D eigenvalue weighted by molar-refractivity contribution is -0.148. The van der Waals surface area contributed by atoms with Crippen molar-refractivity contribution in [1.29, 1.82) is 0 Å². The number of carbonyl (C=O) groups is 1. The van der Waals surface area contributed by atoms with E-state index in [9.17, 15) is 9.90 Å². The molecule has 0 saturated heterocycles. The van der Waals surface area contributed by atoms with Gasteiger partial charge >= 0.3 is 5.97 Å². The highest BCUT2D eigenvalue weighted by molar-refractivity contribution is 5.78. The molecule has 2 atom stereocenters. The van der Waals surface area contributed by atoms with Crippen LogP contribution in [0.5, 0.6) is 5.75 Å². The van der Waals surface area contributed by atoms with Gasteiger partial charge in [0.15, 0.2) is 0 Å². The topological polar surface area (TPSA) is 46.5 Å². The third-order valence-electron chi connectivity index (χ3n) is 4.12. The van der Waals surface area contributed by atoms with Crippen LogP contribution in [0.2, 0.25) is 0 Å². The van der Waals surface area contributed by atoms with Crippen molar-refractivity contribution >= 4 is 5.97 Å². The molecule has 0 unspecified atom stereocenters. The van der Waals surface area contributed by atoms with Gasteiger partial charge in [0.2, 0.25) is 0 Å². The smallest absolute Gasteiger partial charge is 0.310 e.